The second kappa shape index (κ2) is 11.0. The minimum atomic E-state index is -3.48. The van der Waals surface area contributed by atoms with Gasteiger partial charge in [0.25, 0.3) is 5.91 Å². The highest BCUT2D eigenvalue weighted by Crippen LogP contribution is 2.30. The van der Waals surface area contributed by atoms with Gasteiger partial charge in [-0.3, -0.25) is 4.79 Å². The van der Waals surface area contributed by atoms with Crippen LogP contribution in [-0.4, -0.2) is 97.1 Å². The summed E-state index contributed by atoms with van der Waals surface area (Å²) in [5.41, 5.74) is 1.08. The zero-order chi connectivity index (χ0) is 25.9. The number of aromatic nitrogens is 1. The Labute approximate surface area is 216 Å². The molecule has 0 spiro atoms. The molecule has 36 heavy (non-hydrogen) atoms. The van der Waals surface area contributed by atoms with Gasteiger partial charge >= 0.3 is 0 Å². The summed E-state index contributed by atoms with van der Waals surface area (Å²) in [6, 6.07) is 4.73. The zero-order valence-corrected chi connectivity index (χ0v) is 23.0. The van der Waals surface area contributed by atoms with E-state index in [4.69, 9.17) is 4.74 Å². The van der Waals surface area contributed by atoms with Crippen LogP contribution in [0.15, 0.2) is 33.5 Å². The van der Waals surface area contributed by atoms with E-state index in [-0.39, 0.29) is 20.8 Å². The number of anilines is 2. The van der Waals surface area contributed by atoms with Crippen LogP contribution in [0.1, 0.15) is 30.1 Å². The lowest BCUT2D eigenvalue weighted by Crippen LogP contribution is -2.49. The molecule has 0 N–H and O–H groups in total. The van der Waals surface area contributed by atoms with Crippen LogP contribution in [0.25, 0.3) is 0 Å². The maximum Gasteiger partial charge on any atom is 0.256 e. The van der Waals surface area contributed by atoms with Crippen LogP contribution in [0.5, 0.6) is 0 Å². The summed E-state index contributed by atoms with van der Waals surface area (Å²) in [4.78, 5) is 23.8. The molecule has 1 amide bonds. The van der Waals surface area contributed by atoms with Gasteiger partial charge in [-0.05, 0) is 24.6 Å². The molecule has 2 aliphatic rings. The third-order valence-corrected chi connectivity index (χ3v) is 10.9. The minimum absolute atomic E-state index is 0.112. The first-order valence-electron chi connectivity index (χ1n) is 12.0. The lowest BCUT2D eigenvalue weighted by atomic mass is 10.1. The number of piperazine rings is 1. The van der Waals surface area contributed by atoms with E-state index in [9.17, 15) is 21.6 Å². The van der Waals surface area contributed by atoms with E-state index >= 15 is 0 Å². The van der Waals surface area contributed by atoms with Crippen LogP contribution in [0.3, 0.4) is 0 Å². The van der Waals surface area contributed by atoms with Gasteiger partial charge in [0, 0.05) is 51.2 Å². The molecular formula is C23H32N4O6S3. The van der Waals surface area contributed by atoms with Crippen molar-refractivity contribution < 1.29 is 26.4 Å². The van der Waals surface area contributed by atoms with Crippen molar-refractivity contribution in [2.75, 3.05) is 74.3 Å². The molecular weight excluding hydrogens is 524 g/mol. The van der Waals surface area contributed by atoms with Gasteiger partial charge in [0.05, 0.1) is 35.6 Å². The molecule has 13 heteroatoms. The second-order valence-corrected chi connectivity index (χ2v) is 14.3. The van der Waals surface area contributed by atoms with E-state index < -0.39 is 19.7 Å². The quantitative estimate of drug-likeness (QED) is 0.481. The topological polar surface area (TPSA) is 117 Å². The summed E-state index contributed by atoms with van der Waals surface area (Å²) in [7, 11) is -6.81. The fourth-order valence-corrected chi connectivity index (χ4v) is 7.66. The number of carbonyl (C=O) groups excluding carboxylic acids is 1. The predicted molar refractivity (Wildman–Crippen MR) is 140 cm³/mol. The Kier molecular flexibility index (Phi) is 8.22. The van der Waals surface area contributed by atoms with Gasteiger partial charge < -0.3 is 19.4 Å². The Hall–Kier alpha value is -2.22. The fraction of sp³-hybridized carbons (Fsp3) is 0.565. The Morgan fingerprint density at radius 1 is 1.03 bits per heavy atom. The standard InChI is InChI=1S/C23H32N4O6S3/c1-3-4-15-36(31,32)21-17-24-23(34-21)27-9-7-26(8-10-27)22(28)19-16-18(35(2,29)30)5-6-20(19)25-11-13-33-14-12-25/h5-6,16-17H,3-4,7-15H2,1-2H3. The number of morpholine rings is 1. The minimum Gasteiger partial charge on any atom is -0.378 e. The molecule has 3 heterocycles. The van der Waals surface area contributed by atoms with Crippen molar-refractivity contribution in [1.29, 1.82) is 0 Å². The van der Waals surface area contributed by atoms with Crippen molar-refractivity contribution in [3.8, 4) is 0 Å². The molecule has 0 bridgehead atoms. The third kappa shape index (κ3) is 6.01. The molecule has 0 saturated carbocycles. The van der Waals surface area contributed by atoms with Crippen LogP contribution in [0, 0.1) is 0 Å². The number of nitrogens with zero attached hydrogens (tertiary/aromatic N) is 4. The highest BCUT2D eigenvalue weighted by atomic mass is 32.2. The molecule has 1 aromatic heterocycles. The number of thiazole rings is 1. The lowest BCUT2D eigenvalue weighted by molar-refractivity contribution is 0.0746. The van der Waals surface area contributed by atoms with E-state index in [0.29, 0.717) is 75.3 Å². The van der Waals surface area contributed by atoms with E-state index in [1.807, 2.05) is 11.8 Å². The van der Waals surface area contributed by atoms with Crippen LogP contribution >= 0.6 is 11.3 Å². The first-order valence-corrected chi connectivity index (χ1v) is 16.4. The monoisotopic (exact) mass is 556 g/mol. The highest BCUT2D eigenvalue weighted by Gasteiger charge is 2.29. The smallest absolute Gasteiger partial charge is 0.256 e. The molecule has 2 saturated heterocycles. The third-order valence-electron chi connectivity index (χ3n) is 6.36. The highest BCUT2D eigenvalue weighted by molar-refractivity contribution is 7.93. The van der Waals surface area contributed by atoms with Crippen molar-refractivity contribution in [1.82, 2.24) is 9.88 Å². The summed E-state index contributed by atoms with van der Waals surface area (Å²) in [6.07, 6.45) is 3.98. The molecule has 2 aliphatic heterocycles. The van der Waals surface area contributed by atoms with Gasteiger partial charge in [0.1, 0.15) is 4.21 Å². The molecule has 4 rings (SSSR count). The molecule has 10 nitrogen and oxygen atoms in total. The van der Waals surface area contributed by atoms with Crippen molar-refractivity contribution in [3.05, 3.63) is 30.0 Å². The zero-order valence-electron chi connectivity index (χ0n) is 20.6. The van der Waals surface area contributed by atoms with Crippen molar-refractivity contribution in [2.24, 2.45) is 0 Å². The Morgan fingerprint density at radius 2 is 1.72 bits per heavy atom. The summed E-state index contributed by atoms with van der Waals surface area (Å²) < 4.78 is 55.1. The van der Waals surface area contributed by atoms with Crippen molar-refractivity contribution in [2.45, 2.75) is 28.9 Å². The molecule has 0 atom stereocenters. The van der Waals surface area contributed by atoms with E-state index in [2.05, 4.69) is 9.88 Å². The number of unbranched alkanes of at least 4 members (excludes halogenated alkanes) is 1. The molecule has 0 unspecified atom stereocenters. The first kappa shape index (κ1) is 26.8. The largest absolute Gasteiger partial charge is 0.378 e. The van der Waals surface area contributed by atoms with Gasteiger partial charge in [0.2, 0.25) is 0 Å². The Morgan fingerprint density at radius 3 is 2.36 bits per heavy atom. The molecule has 1 aromatic carbocycles. The van der Waals surface area contributed by atoms with Gasteiger partial charge in [-0.2, -0.15) is 0 Å². The van der Waals surface area contributed by atoms with Crippen LogP contribution in [-0.2, 0) is 24.4 Å². The number of ether oxygens (including phenoxy) is 1. The maximum absolute atomic E-state index is 13.6. The summed E-state index contributed by atoms with van der Waals surface area (Å²) in [6.45, 7) is 6.15. The number of hydrogen-bond donors (Lipinski definition) is 0. The summed E-state index contributed by atoms with van der Waals surface area (Å²) in [5.74, 6) is -0.102. The average molecular weight is 557 g/mol. The molecule has 198 valence electrons. The van der Waals surface area contributed by atoms with Gasteiger partial charge in [-0.25, -0.2) is 21.8 Å². The van der Waals surface area contributed by atoms with Gasteiger partial charge in [-0.1, -0.05) is 24.7 Å². The average Bonchev–Trinajstić information content (AvgIpc) is 3.38. The van der Waals surface area contributed by atoms with Crippen molar-refractivity contribution >= 4 is 47.7 Å². The van der Waals surface area contributed by atoms with Crippen molar-refractivity contribution in [3.63, 3.8) is 0 Å². The summed E-state index contributed by atoms with van der Waals surface area (Å²) >= 11 is 1.17. The second-order valence-electron chi connectivity index (χ2n) is 8.96. The number of sulfone groups is 2. The van der Waals surface area contributed by atoms with E-state index in [0.717, 1.165) is 12.7 Å². The Balaban J connectivity index is 1.49. The van der Waals surface area contributed by atoms with Crippen LogP contribution in [0.2, 0.25) is 0 Å². The lowest BCUT2D eigenvalue weighted by Gasteiger charge is -2.36. The van der Waals surface area contributed by atoms with Gasteiger partial charge in [-0.15, -0.1) is 0 Å². The maximum atomic E-state index is 13.6. The SMILES string of the molecule is CCCCS(=O)(=O)c1cnc(N2CCN(C(=O)c3cc(S(C)(=O)=O)ccc3N3CCOCC3)CC2)s1. The number of amides is 1. The van der Waals surface area contributed by atoms with E-state index in [1.54, 1.807) is 17.0 Å². The normalized spacial score (nSPS) is 17.4. The number of carbonyl (C=O) groups is 1. The first-order chi connectivity index (χ1) is 17.1. The number of benzene rings is 1. The summed E-state index contributed by atoms with van der Waals surface area (Å²) in [5, 5.41) is 0.630. The molecule has 0 radical (unpaired) electrons. The molecule has 2 fully saturated rings. The number of hydrogen-bond acceptors (Lipinski definition) is 10. The fourth-order valence-electron chi connectivity index (χ4n) is 4.24. The number of rotatable bonds is 8. The molecule has 0 aliphatic carbocycles. The van der Waals surface area contributed by atoms with Crippen LogP contribution < -0.4 is 9.80 Å². The van der Waals surface area contributed by atoms with Gasteiger partial charge in [0.15, 0.2) is 24.8 Å². The molecule has 2 aromatic rings. The predicted octanol–water partition coefficient (Wildman–Crippen LogP) is 1.92. The Bertz CT molecular complexity index is 1290. The van der Waals surface area contributed by atoms with E-state index in [1.165, 1.54) is 23.6 Å². The van der Waals surface area contributed by atoms with Crippen LogP contribution in [0.4, 0.5) is 10.8 Å².